The van der Waals surface area contributed by atoms with Crippen LogP contribution in [0.4, 0.5) is 0 Å². The molecule has 0 amide bonds. The molecule has 86 valence electrons. The fraction of sp³-hybridized carbons (Fsp3) is 0.308. The van der Waals surface area contributed by atoms with Crippen molar-refractivity contribution >= 4 is 21.7 Å². The predicted octanol–water partition coefficient (Wildman–Crippen LogP) is 3.61. The third-order valence-corrected chi connectivity index (χ3v) is 2.47. The van der Waals surface area contributed by atoms with Crippen LogP contribution in [0.15, 0.2) is 36.4 Å². The van der Waals surface area contributed by atoms with Crippen LogP contribution in [0.25, 0.3) is 0 Å². The minimum absolute atomic E-state index is 0.158. The van der Waals surface area contributed by atoms with E-state index < -0.39 is 0 Å². The van der Waals surface area contributed by atoms with Crippen LogP contribution in [0.3, 0.4) is 0 Å². The summed E-state index contributed by atoms with van der Waals surface area (Å²) < 4.78 is 5.46. The van der Waals surface area contributed by atoms with E-state index in [-0.39, 0.29) is 5.78 Å². The summed E-state index contributed by atoms with van der Waals surface area (Å²) in [6.07, 6.45) is 4.46. The van der Waals surface area contributed by atoms with Gasteiger partial charge in [-0.2, -0.15) is 0 Å². The molecule has 0 saturated carbocycles. The Labute approximate surface area is 104 Å². The fourth-order valence-electron chi connectivity index (χ4n) is 1.22. The van der Waals surface area contributed by atoms with Crippen molar-refractivity contribution in [2.75, 3.05) is 11.9 Å². The molecule has 0 aromatic heterocycles. The number of benzene rings is 1. The molecule has 0 spiro atoms. The largest absolute Gasteiger partial charge is 0.490 e. The first-order valence-electron chi connectivity index (χ1n) is 5.25. The zero-order valence-electron chi connectivity index (χ0n) is 9.28. The normalized spacial score (nSPS) is 10.6. The van der Waals surface area contributed by atoms with Gasteiger partial charge in [0.25, 0.3) is 0 Å². The van der Waals surface area contributed by atoms with Crippen molar-refractivity contribution in [1.82, 2.24) is 0 Å². The molecule has 1 rings (SSSR count). The number of halogens is 1. The summed E-state index contributed by atoms with van der Waals surface area (Å²) >= 11 is 3.29. The minimum Gasteiger partial charge on any atom is -0.490 e. The molecule has 0 bridgehead atoms. The highest BCUT2D eigenvalue weighted by Gasteiger charge is 2.01. The summed E-state index contributed by atoms with van der Waals surface area (Å²) in [6, 6.07) is 7.25. The van der Waals surface area contributed by atoms with E-state index in [1.54, 1.807) is 12.1 Å². The van der Waals surface area contributed by atoms with E-state index in [0.29, 0.717) is 13.0 Å². The standard InChI is InChI=1S/C13H15BrO2/c1-2-13(15)11-5-7-12(8-6-11)16-10-4-3-9-14/h3-8H,2,9-10H2,1H3/b4-3+. The molecule has 3 heteroatoms. The third kappa shape index (κ3) is 4.19. The molecule has 0 atom stereocenters. The van der Waals surface area contributed by atoms with Crippen molar-refractivity contribution in [2.45, 2.75) is 13.3 Å². The Kier molecular flexibility index (Phi) is 5.86. The van der Waals surface area contributed by atoms with Gasteiger partial charge in [-0.3, -0.25) is 4.79 Å². The number of alkyl halides is 1. The summed E-state index contributed by atoms with van der Waals surface area (Å²) in [7, 11) is 0. The Morgan fingerprint density at radius 3 is 2.56 bits per heavy atom. The molecule has 0 N–H and O–H groups in total. The van der Waals surface area contributed by atoms with E-state index in [0.717, 1.165) is 16.6 Å². The molecule has 0 fully saturated rings. The lowest BCUT2D eigenvalue weighted by molar-refractivity contribution is 0.0988. The molecule has 0 aliphatic rings. The number of ether oxygens (including phenoxy) is 1. The Morgan fingerprint density at radius 2 is 2.00 bits per heavy atom. The van der Waals surface area contributed by atoms with Gasteiger partial charge < -0.3 is 4.74 Å². The Morgan fingerprint density at radius 1 is 1.31 bits per heavy atom. The SMILES string of the molecule is CCC(=O)c1ccc(OC/C=C/CBr)cc1. The molecule has 0 unspecified atom stereocenters. The van der Waals surface area contributed by atoms with Gasteiger partial charge in [0.2, 0.25) is 0 Å². The van der Waals surface area contributed by atoms with Crippen molar-refractivity contribution in [1.29, 1.82) is 0 Å². The van der Waals surface area contributed by atoms with Gasteiger partial charge >= 0.3 is 0 Å². The fourth-order valence-corrected chi connectivity index (χ4v) is 1.48. The lowest BCUT2D eigenvalue weighted by Gasteiger charge is -2.03. The maximum atomic E-state index is 11.4. The second kappa shape index (κ2) is 7.23. The van der Waals surface area contributed by atoms with Gasteiger partial charge in [-0.15, -0.1) is 0 Å². The van der Waals surface area contributed by atoms with Crippen LogP contribution in [-0.4, -0.2) is 17.7 Å². The Hall–Kier alpha value is -1.09. The zero-order chi connectivity index (χ0) is 11.8. The number of rotatable bonds is 6. The number of hydrogen-bond acceptors (Lipinski definition) is 2. The highest BCUT2D eigenvalue weighted by molar-refractivity contribution is 9.09. The predicted molar refractivity (Wildman–Crippen MR) is 69.5 cm³/mol. The molecule has 2 nitrogen and oxygen atoms in total. The second-order valence-electron chi connectivity index (χ2n) is 3.24. The van der Waals surface area contributed by atoms with Crippen molar-refractivity contribution in [3.8, 4) is 5.75 Å². The van der Waals surface area contributed by atoms with Crippen LogP contribution in [0.1, 0.15) is 23.7 Å². The molecule has 0 saturated heterocycles. The summed E-state index contributed by atoms with van der Waals surface area (Å²) in [5.74, 6) is 0.942. The molecular formula is C13H15BrO2. The van der Waals surface area contributed by atoms with Gasteiger partial charge in [0, 0.05) is 17.3 Å². The van der Waals surface area contributed by atoms with Crippen LogP contribution in [-0.2, 0) is 0 Å². The van der Waals surface area contributed by atoms with Gasteiger partial charge in [-0.05, 0) is 24.3 Å². The topological polar surface area (TPSA) is 26.3 Å². The third-order valence-electron chi connectivity index (χ3n) is 2.10. The van der Waals surface area contributed by atoms with Crippen molar-refractivity contribution in [3.05, 3.63) is 42.0 Å². The second-order valence-corrected chi connectivity index (χ2v) is 3.89. The van der Waals surface area contributed by atoms with Crippen LogP contribution in [0.2, 0.25) is 0 Å². The van der Waals surface area contributed by atoms with Gasteiger partial charge in [0.1, 0.15) is 12.4 Å². The van der Waals surface area contributed by atoms with Gasteiger partial charge in [0.15, 0.2) is 5.78 Å². The highest BCUT2D eigenvalue weighted by atomic mass is 79.9. The molecule has 0 aliphatic heterocycles. The van der Waals surface area contributed by atoms with Crippen LogP contribution < -0.4 is 4.74 Å². The van der Waals surface area contributed by atoms with Crippen LogP contribution >= 0.6 is 15.9 Å². The van der Waals surface area contributed by atoms with Crippen molar-refractivity contribution in [3.63, 3.8) is 0 Å². The number of ketones is 1. The lowest BCUT2D eigenvalue weighted by atomic mass is 10.1. The Balaban J connectivity index is 2.51. The zero-order valence-corrected chi connectivity index (χ0v) is 10.9. The maximum Gasteiger partial charge on any atom is 0.162 e. The van der Waals surface area contributed by atoms with E-state index in [2.05, 4.69) is 15.9 Å². The van der Waals surface area contributed by atoms with E-state index in [9.17, 15) is 4.79 Å². The smallest absolute Gasteiger partial charge is 0.162 e. The average Bonchev–Trinajstić information content (AvgIpc) is 2.34. The van der Waals surface area contributed by atoms with Crippen LogP contribution in [0, 0.1) is 0 Å². The molecule has 0 aliphatic carbocycles. The number of allylic oxidation sites excluding steroid dienone is 1. The maximum absolute atomic E-state index is 11.4. The minimum atomic E-state index is 0.158. The van der Waals surface area contributed by atoms with E-state index in [4.69, 9.17) is 4.74 Å². The van der Waals surface area contributed by atoms with Gasteiger partial charge in [0.05, 0.1) is 0 Å². The number of carbonyl (C=O) groups excluding carboxylic acids is 1. The monoisotopic (exact) mass is 282 g/mol. The summed E-state index contributed by atoms with van der Waals surface area (Å²) in [6.45, 7) is 2.41. The summed E-state index contributed by atoms with van der Waals surface area (Å²) in [5, 5.41) is 0.834. The molecular weight excluding hydrogens is 268 g/mol. The van der Waals surface area contributed by atoms with Crippen molar-refractivity contribution < 1.29 is 9.53 Å². The molecule has 0 heterocycles. The summed E-state index contributed by atoms with van der Waals surface area (Å²) in [5.41, 5.74) is 0.742. The number of Topliss-reactive ketones (excluding diaryl/α,β-unsaturated/α-hetero) is 1. The van der Waals surface area contributed by atoms with E-state index in [1.807, 2.05) is 31.2 Å². The first kappa shape index (κ1) is 13.0. The summed E-state index contributed by atoms with van der Waals surface area (Å²) in [4.78, 5) is 11.4. The quantitative estimate of drug-likeness (QED) is 0.453. The van der Waals surface area contributed by atoms with E-state index in [1.165, 1.54) is 0 Å². The molecule has 1 aromatic rings. The number of carbonyl (C=O) groups is 1. The van der Waals surface area contributed by atoms with Crippen molar-refractivity contribution in [2.24, 2.45) is 0 Å². The number of hydrogen-bond donors (Lipinski definition) is 0. The van der Waals surface area contributed by atoms with Gasteiger partial charge in [-0.25, -0.2) is 0 Å². The molecule has 1 aromatic carbocycles. The lowest BCUT2D eigenvalue weighted by Crippen LogP contribution is -1.97. The molecule has 16 heavy (non-hydrogen) atoms. The average molecular weight is 283 g/mol. The van der Waals surface area contributed by atoms with Crippen LogP contribution in [0.5, 0.6) is 5.75 Å². The highest BCUT2D eigenvalue weighted by Crippen LogP contribution is 2.13. The first-order chi connectivity index (χ1) is 7.77. The molecule has 0 radical (unpaired) electrons. The van der Waals surface area contributed by atoms with E-state index >= 15 is 0 Å². The van der Waals surface area contributed by atoms with Gasteiger partial charge in [-0.1, -0.05) is 35.0 Å². The first-order valence-corrected chi connectivity index (χ1v) is 6.37. The Bertz CT molecular complexity index is 355.